The van der Waals surface area contributed by atoms with E-state index in [-0.39, 0.29) is 12.4 Å². The summed E-state index contributed by atoms with van der Waals surface area (Å²) in [6, 6.07) is 4.01. The van der Waals surface area contributed by atoms with Crippen LogP contribution in [0.2, 0.25) is 0 Å². The van der Waals surface area contributed by atoms with Crippen molar-refractivity contribution < 1.29 is 9.53 Å². The third-order valence-electron chi connectivity index (χ3n) is 2.61. The SMILES string of the molecule is CCOC(=O)Cc1csc(SC(C)c2ccncc2)n1. The van der Waals surface area contributed by atoms with Crippen LogP contribution in [0.15, 0.2) is 34.2 Å². The summed E-state index contributed by atoms with van der Waals surface area (Å²) in [5.74, 6) is -0.225. The Labute approximate surface area is 126 Å². The summed E-state index contributed by atoms with van der Waals surface area (Å²) in [6.45, 7) is 4.34. The first-order valence-corrected chi connectivity index (χ1v) is 8.11. The predicted octanol–water partition coefficient (Wildman–Crippen LogP) is 3.50. The number of hydrogen-bond acceptors (Lipinski definition) is 6. The van der Waals surface area contributed by atoms with Crippen LogP contribution in [0, 0.1) is 0 Å². The zero-order chi connectivity index (χ0) is 14.4. The molecule has 0 aromatic carbocycles. The second-order valence-corrected chi connectivity index (χ2v) is 6.57. The van der Waals surface area contributed by atoms with E-state index in [1.807, 2.05) is 17.5 Å². The zero-order valence-corrected chi connectivity index (χ0v) is 13.0. The molecule has 0 spiro atoms. The summed E-state index contributed by atoms with van der Waals surface area (Å²) < 4.78 is 5.88. The average molecular weight is 308 g/mol. The average Bonchev–Trinajstić information content (AvgIpc) is 2.87. The topological polar surface area (TPSA) is 52.1 Å². The van der Waals surface area contributed by atoms with E-state index in [1.165, 1.54) is 5.56 Å². The summed E-state index contributed by atoms with van der Waals surface area (Å²) in [6.07, 6.45) is 3.83. The minimum Gasteiger partial charge on any atom is -0.466 e. The quantitative estimate of drug-likeness (QED) is 0.604. The number of nitrogens with zero attached hydrogens (tertiary/aromatic N) is 2. The van der Waals surface area contributed by atoms with Crippen LogP contribution >= 0.6 is 23.1 Å². The van der Waals surface area contributed by atoms with E-state index in [9.17, 15) is 4.79 Å². The maximum Gasteiger partial charge on any atom is 0.311 e. The second-order valence-electron chi connectivity index (χ2n) is 4.13. The van der Waals surface area contributed by atoms with Crippen molar-refractivity contribution in [1.29, 1.82) is 0 Å². The molecule has 0 bridgehead atoms. The van der Waals surface area contributed by atoms with Gasteiger partial charge in [-0.3, -0.25) is 9.78 Å². The van der Waals surface area contributed by atoms with E-state index < -0.39 is 0 Å². The van der Waals surface area contributed by atoms with Crippen molar-refractivity contribution in [2.24, 2.45) is 0 Å². The highest BCUT2D eigenvalue weighted by Crippen LogP contribution is 2.36. The number of hydrogen-bond donors (Lipinski definition) is 0. The molecule has 2 rings (SSSR count). The Morgan fingerprint density at radius 1 is 1.45 bits per heavy atom. The maximum atomic E-state index is 11.4. The van der Waals surface area contributed by atoms with Crippen molar-refractivity contribution in [3.8, 4) is 0 Å². The number of rotatable bonds is 6. The molecule has 2 aromatic heterocycles. The molecule has 0 aliphatic heterocycles. The molecule has 0 amide bonds. The van der Waals surface area contributed by atoms with Crippen molar-refractivity contribution in [3.05, 3.63) is 41.2 Å². The third-order valence-corrected chi connectivity index (χ3v) is 4.79. The number of pyridine rings is 1. The van der Waals surface area contributed by atoms with Gasteiger partial charge >= 0.3 is 5.97 Å². The van der Waals surface area contributed by atoms with Crippen LogP contribution in [0.5, 0.6) is 0 Å². The molecule has 0 fully saturated rings. The lowest BCUT2D eigenvalue weighted by molar-refractivity contribution is -0.142. The van der Waals surface area contributed by atoms with Crippen LogP contribution in [0.3, 0.4) is 0 Å². The molecule has 0 saturated heterocycles. The molecule has 6 heteroatoms. The van der Waals surface area contributed by atoms with Gasteiger partial charge in [-0.25, -0.2) is 4.98 Å². The summed E-state index contributed by atoms with van der Waals surface area (Å²) in [7, 11) is 0. The van der Waals surface area contributed by atoms with E-state index in [0.29, 0.717) is 11.9 Å². The normalized spacial score (nSPS) is 12.1. The first-order chi connectivity index (χ1) is 9.69. The van der Waals surface area contributed by atoms with Crippen LogP contribution in [-0.2, 0) is 16.0 Å². The van der Waals surface area contributed by atoms with Gasteiger partial charge in [-0.15, -0.1) is 11.3 Å². The molecule has 2 heterocycles. The van der Waals surface area contributed by atoms with Gasteiger partial charge in [0.2, 0.25) is 0 Å². The van der Waals surface area contributed by atoms with Gasteiger partial charge in [0, 0.05) is 23.0 Å². The molecule has 0 aliphatic carbocycles. The number of carbonyl (C=O) groups excluding carboxylic acids is 1. The standard InChI is InChI=1S/C14H16N2O2S2/c1-3-18-13(17)8-12-9-19-14(16-12)20-10(2)11-4-6-15-7-5-11/h4-7,9-10H,3,8H2,1-2H3. The summed E-state index contributed by atoms with van der Waals surface area (Å²) >= 11 is 3.25. The van der Waals surface area contributed by atoms with Gasteiger partial charge < -0.3 is 4.74 Å². The van der Waals surface area contributed by atoms with Crippen molar-refractivity contribution >= 4 is 29.1 Å². The fourth-order valence-corrected chi connectivity index (χ4v) is 3.75. The van der Waals surface area contributed by atoms with Crippen LogP contribution in [0.25, 0.3) is 0 Å². The number of esters is 1. The molecule has 0 N–H and O–H groups in total. The summed E-state index contributed by atoms with van der Waals surface area (Å²) in [5.41, 5.74) is 1.99. The smallest absolute Gasteiger partial charge is 0.311 e. The van der Waals surface area contributed by atoms with E-state index in [0.717, 1.165) is 10.0 Å². The van der Waals surface area contributed by atoms with Crippen LogP contribution < -0.4 is 0 Å². The van der Waals surface area contributed by atoms with Crippen molar-refractivity contribution in [3.63, 3.8) is 0 Å². The zero-order valence-electron chi connectivity index (χ0n) is 11.4. The molecular weight excluding hydrogens is 292 g/mol. The lowest BCUT2D eigenvalue weighted by Crippen LogP contribution is -2.07. The fourth-order valence-electron chi connectivity index (χ4n) is 1.64. The van der Waals surface area contributed by atoms with E-state index in [4.69, 9.17) is 4.74 Å². The Hall–Kier alpha value is -1.40. The number of thiazole rings is 1. The minimum atomic E-state index is -0.225. The van der Waals surface area contributed by atoms with E-state index >= 15 is 0 Å². The van der Waals surface area contributed by atoms with Gasteiger partial charge in [-0.1, -0.05) is 11.8 Å². The first kappa shape index (κ1) is 15.0. The molecule has 20 heavy (non-hydrogen) atoms. The van der Waals surface area contributed by atoms with Crippen LogP contribution in [-0.4, -0.2) is 22.5 Å². The minimum absolute atomic E-state index is 0.225. The van der Waals surface area contributed by atoms with Gasteiger partial charge in [-0.2, -0.15) is 0 Å². The lowest BCUT2D eigenvalue weighted by Gasteiger charge is -2.08. The molecule has 106 valence electrons. The Morgan fingerprint density at radius 2 is 2.20 bits per heavy atom. The predicted molar refractivity (Wildman–Crippen MR) is 81.0 cm³/mol. The number of carbonyl (C=O) groups is 1. The van der Waals surface area contributed by atoms with Gasteiger partial charge in [0.05, 0.1) is 18.7 Å². The molecule has 1 atom stereocenters. The van der Waals surface area contributed by atoms with Crippen molar-refractivity contribution in [2.45, 2.75) is 29.9 Å². The highest BCUT2D eigenvalue weighted by Gasteiger charge is 2.12. The fraction of sp³-hybridized carbons (Fsp3) is 0.357. The van der Waals surface area contributed by atoms with Crippen molar-refractivity contribution in [1.82, 2.24) is 9.97 Å². The maximum absolute atomic E-state index is 11.4. The molecular formula is C14H16N2O2S2. The number of ether oxygens (including phenoxy) is 1. The molecule has 0 radical (unpaired) electrons. The molecule has 2 aromatic rings. The molecule has 1 unspecified atom stereocenters. The Kier molecular flexibility index (Phi) is 5.55. The van der Waals surface area contributed by atoms with E-state index in [2.05, 4.69) is 16.9 Å². The highest BCUT2D eigenvalue weighted by atomic mass is 32.2. The van der Waals surface area contributed by atoms with E-state index in [1.54, 1.807) is 42.4 Å². The highest BCUT2D eigenvalue weighted by molar-refractivity contribution is 8.01. The summed E-state index contributed by atoms with van der Waals surface area (Å²) in [5, 5.41) is 2.22. The molecule has 0 aliphatic rings. The van der Waals surface area contributed by atoms with Gasteiger partial charge in [0.25, 0.3) is 0 Å². The monoisotopic (exact) mass is 308 g/mol. The van der Waals surface area contributed by atoms with Crippen LogP contribution in [0.1, 0.15) is 30.4 Å². The Morgan fingerprint density at radius 3 is 2.90 bits per heavy atom. The largest absolute Gasteiger partial charge is 0.466 e. The molecule has 0 saturated carbocycles. The Balaban J connectivity index is 1.94. The molecule has 4 nitrogen and oxygen atoms in total. The lowest BCUT2D eigenvalue weighted by atomic mass is 10.2. The number of thioether (sulfide) groups is 1. The Bertz CT molecular complexity index is 557. The third kappa shape index (κ3) is 4.31. The second kappa shape index (κ2) is 7.40. The summed E-state index contributed by atoms with van der Waals surface area (Å²) in [4.78, 5) is 19.9. The van der Waals surface area contributed by atoms with Crippen LogP contribution in [0.4, 0.5) is 0 Å². The van der Waals surface area contributed by atoms with Gasteiger partial charge in [-0.05, 0) is 31.5 Å². The first-order valence-electron chi connectivity index (χ1n) is 6.35. The van der Waals surface area contributed by atoms with Crippen molar-refractivity contribution in [2.75, 3.05) is 6.61 Å². The van der Waals surface area contributed by atoms with Gasteiger partial charge in [0.1, 0.15) is 0 Å². The van der Waals surface area contributed by atoms with Gasteiger partial charge in [0.15, 0.2) is 4.34 Å². The number of aromatic nitrogens is 2.